The second-order valence-corrected chi connectivity index (χ2v) is 12.4. The molecule has 3 N–H and O–H groups in total. The molecule has 8 nitrogen and oxygen atoms in total. The Morgan fingerprint density at radius 3 is 2.79 bits per heavy atom. The number of nitrogen functional groups attached to an aromatic ring is 1. The zero-order valence-electron chi connectivity index (χ0n) is 22.5. The Bertz CT molecular complexity index is 1660. The number of ether oxygens (including phenoxy) is 2. The molecule has 6 rings (SSSR count). The zero-order chi connectivity index (χ0) is 29.8. The van der Waals surface area contributed by atoms with Crippen LogP contribution in [-0.4, -0.2) is 84.0 Å². The molecule has 2 fully saturated rings. The normalized spacial score (nSPS) is 21.7. The number of halogens is 5. The average molecular weight is 626 g/mol. The largest absolute Gasteiger partial charge is 0.462 e. The third-order valence-corrected chi connectivity index (χ3v) is 8.83. The van der Waals surface area contributed by atoms with Crippen LogP contribution in [0.1, 0.15) is 13.3 Å². The lowest BCUT2D eigenvalue weighted by Crippen LogP contribution is -2.52. The molecule has 2 atom stereocenters. The van der Waals surface area contributed by atoms with E-state index >= 15 is 4.39 Å². The number of aliphatic hydroxyl groups is 1. The first-order chi connectivity index (χ1) is 20.0. The average Bonchev–Trinajstić information content (AvgIpc) is 3.22. The van der Waals surface area contributed by atoms with Crippen LogP contribution >= 0.6 is 22.9 Å². The Morgan fingerprint density at radius 1 is 1.24 bits per heavy atom. The molecule has 2 aromatic heterocycles. The molecule has 0 aliphatic carbocycles. The van der Waals surface area contributed by atoms with Crippen molar-refractivity contribution in [2.45, 2.75) is 31.4 Å². The summed E-state index contributed by atoms with van der Waals surface area (Å²) in [6.07, 6.45) is -1.80. The number of rotatable bonds is 7. The zero-order valence-corrected chi connectivity index (χ0v) is 24.1. The minimum absolute atomic E-state index is 0.0101. The number of fused-ring (bicyclic) bond motifs is 2. The van der Waals surface area contributed by atoms with E-state index in [0.717, 1.165) is 11.3 Å². The van der Waals surface area contributed by atoms with Crippen LogP contribution in [-0.2, 0) is 4.74 Å². The number of anilines is 2. The summed E-state index contributed by atoms with van der Waals surface area (Å²) in [4.78, 5) is 12.3. The molecule has 4 aromatic rings. The molecule has 2 aromatic carbocycles. The van der Waals surface area contributed by atoms with E-state index in [1.54, 1.807) is 22.8 Å². The van der Waals surface area contributed by atoms with Crippen molar-refractivity contribution in [1.29, 1.82) is 0 Å². The van der Waals surface area contributed by atoms with Gasteiger partial charge in [0.2, 0.25) is 0 Å². The number of hydrogen-bond donors (Lipinski definition) is 2. The fourth-order valence-corrected chi connectivity index (χ4v) is 6.65. The highest BCUT2D eigenvalue weighted by atomic mass is 35.5. The summed E-state index contributed by atoms with van der Waals surface area (Å²) in [7, 11) is 0. The Balaban J connectivity index is 1.47. The van der Waals surface area contributed by atoms with Gasteiger partial charge in [0, 0.05) is 35.5 Å². The topological polar surface area (TPSA) is 97.0 Å². The minimum Gasteiger partial charge on any atom is -0.462 e. The van der Waals surface area contributed by atoms with Gasteiger partial charge in [-0.05, 0) is 37.1 Å². The van der Waals surface area contributed by atoms with Gasteiger partial charge in [0.1, 0.15) is 29.4 Å². The monoisotopic (exact) mass is 625 g/mol. The summed E-state index contributed by atoms with van der Waals surface area (Å²) in [5.74, 6) is -0.986. The van der Waals surface area contributed by atoms with E-state index in [-0.39, 0.29) is 77.0 Å². The second-order valence-electron chi connectivity index (χ2n) is 10.9. The lowest BCUT2D eigenvalue weighted by Gasteiger charge is -2.40. The molecule has 2 aliphatic heterocycles. The highest BCUT2D eigenvalue weighted by Gasteiger charge is 2.33. The van der Waals surface area contributed by atoms with Crippen LogP contribution in [0.4, 0.5) is 28.4 Å². The fraction of sp³-hybridized carbons (Fsp3) is 0.429. The van der Waals surface area contributed by atoms with Gasteiger partial charge in [0.05, 0.1) is 41.0 Å². The van der Waals surface area contributed by atoms with Gasteiger partial charge in [-0.1, -0.05) is 17.7 Å². The maximum atomic E-state index is 16.6. The summed E-state index contributed by atoms with van der Waals surface area (Å²) in [5, 5.41) is 11.9. The molecular weight excluding hydrogens is 598 g/mol. The second kappa shape index (κ2) is 11.3. The van der Waals surface area contributed by atoms with Crippen molar-refractivity contribution in [3.8, 4) is 17.1 Å². The third kappa shape index (κ3) is 5.55. The van der Waals surface area contributed by atoms with Gasteiger partial charge in [0.15, 0.2) is 5.82 Å². The van der Waals surface area contributed by atoms with E-state index in [1.165, 1.54) is 18.2 Å². The number of nitrogens with zero attached hydrogens (tertiary/aromatic N) is 4. The van der Waals surface area contributed by atoms with E-state index in [0.29, 0.717) is 35.5 Å². The van der Waals surface area contributed by atoms with Crippen LogP contribution in [0.2, 0.25) is 5.02 Å². The number of thiophene rings is 1. The molecule has 0 spiro atoms. The highest BCUT2D eigenvalue weighted by Crippen LogP contribution is 2.44. The number of nitrogens with two attached hydrogens (primary N) is 1. The van der Waals surface area contributed by atoms with Gasteiger partial charge in [-0.3, -0.25) is 4.90 Å². The van der Waals surface area contributed by atoms with Gasteiger partial charge >= 0.3 is 6.01 Å². The number of likely N-dealkylation sites (tertiary alicyclic amines) is 1. The molecule has 0 bridgehead atoms. The minimum atomic E-state index is -2.47. The van der Waals surface area contributed by atoms with Crippen LogP contribution in [0.3, 0.4) is 0 Å². The van der Waals surface area contributed by atoms with E-state index in [4.69, 9.17) is 26.8 Å². The highest BCUT2D eigenvalue weighted by molar-refractivity contribution is 7.22. The smallest absolute Gasteiger partial charge is 0.319 e. The molecule has 2 aliphatic rings. The Morgan fingerprint density at radius 2 is 2.05 bits per heavy atom. The summed E-state index contributed by atoms with van der Waals surface area (Å²) in [5.41, 5.74) is 4.98. The molecule has 0 radical (unpaired) electrons. The van der Waals surface area contributed by atoms with Crippen molar-refractivity contribution in [2.75, 3.05) is 56.6 Å². The summed E-state index contributed by atoms with van der Waals surface area (Å²) in [6, 6.07) is 5.38. The van der Waals surface area contributed by atoms with Crippen molar-refractivity contribution in [2.24, 2.45) is 0 Å². The van der Waals surface area contributed by atoms with Gasteiger partial charge in [-0.2, -0.15) is 9.97 Å². The SMILES string of the molecule is CC1(O)COCCN(c2nc(OC[C@@H]3CCN3CC(F)F)nc3c(F)c(-c4ccc(F)c5sc(N)cc45)c(Cl)cc23)C1. The Labute approximate surface area is 247 Å². The first-order valence-electron chi connectivity index (χ1n) is 13.4. The maximum Gasteiger partial charge on any atom is 0.319 e. The molecule has 42 heavy (non-hydrogen) atoms. The Kier molecular flexibility index (Phi) is 7.81. The lowest BCUT2D eigenvalue weighted by atomic mass is 9.99. The first-order valence-corrected chi connectivity index (χ1v) is 14.6. The van der Waals surface area contributed by atoms with Crippen molar-refractivity contribution in [3.05, 3.63) is 40.9 Å². The Hall–Kier alpha value is -2.97. The van der Waals surface area contributed by atoms with Gasteiger partial charge in [0.25, 0.3) is 6.43 Å². The van der Waals surface area contributed by atoms with Crippen molar-refractivity contribution < 1.29 is 32.1 Å². The molecule has 0 saturated carbocycles. The van der Waals surface area contributed by atoms with E-state index in [9.17, 15) is 18.3 Å². The molecule has 4 heterocycles. The first kappa shape index (κ1) is 29.1. The van der Waals surface area contributed by atoms with Crippen molar-refractivity contribution in [3.63, 3.8) is 0 Å². The standard InChI is InChI=1S/C28H28ClF4N5O3S/c1-28(39)12-38(6-7-40-13-28)26-17-8-18(29)22(15-2-3-19(30)25-16(15)9-21(34)42-25)23(33)24(17)35-27(36-26)41-11-14-4-5-37(14)10-20(31)32/h2-3,8-9,14,20,39H,4-7,10-13,34H2,1H3/t14-,28?/m0/s1. The van der Waals surface area contributed by atoms with Crippen molar-refractivity contribution >= 4 is 54.7 Å². The van der Waals surface area contributed by atoms with Crippen molar-refractivity contribution in [1.82, 2.24) is 14.9 Å². The summed E-state index contributed by atoms with van der Waals surface area (Å²) in [6.45, 7) is 2.66. The summed E-state index contributed by atoms with van der Waals surface area (Å²) >= 11 is 7.76. The van der Waals surface area contributed by atoms with Crippen LogP contribution in [0, 0.1) is 11.6 Å². The van der Waals surface area contributed by atoms with Gasteiger partial charge < -0.3 is 25.2 Å². The molecule has 14 heteroatoms. The quantitative estimate of drug-likeness (QED) is 0.266. The predicted molar refractivity (Wildman–Crippen MR) is 155 cm³/mol. The third-order valence-electron chi connectivity index (χ3n) is 7.56. The van der Waals surface area contributed by atoms with Crippen LogP contribution in [0.15, 0.2) is 24.3 Å². The molecular formula is C28H28ClF4N5O3S. The van der Waals surface area contributed by atoms with Crippen LogP contribution in [0.25, 0.3) is 32.1 Å². The maximum absolute atomic E-state index is 16.6. The predicted octanol–water partition coefficient (Wildman–Crippen LogP) is 5.33. The van der Waals surface area contributed by atoms with E-state index < -0.39 is 23.7 Å². The number of alkyl halides is 2. The van der Waals surface area contributed by atoms with Crippen LogP contribution in [0.5, 0.6) is 6.01 Å². The number of hydrogen-bond acceptors (Lipinski definition) is 9. The lowest BCUT2D eigenvalue weighted by molar-refractivity contribution is -0.0123. The molecule has 2 saturated heterocycles. The summed E-state index contributed by atoms with van der Waals surface area (Å²) < 4.78 is 68.6. The number of β-amino-alcohol motifs (C(OH)–C–C–N with tert-alkyl or cyclic N) is 1. The van der Waals surface area contributed by atoms with E-state index in [2.05, 4.69) is 9.97 Å². The number of benzene rings is 2. The molecule has 1 unspecified atom stereocenters. The van der Waals surface area contributed by atoms with E-state index in [1.807, 2.05) is 0 Å². The van der Waals surface area contributed by atoms with Gasteiger partial charge in [-0.25, -0.2) is 17.6 Å². The number of aromatic nitrogens is 2. The van der Waals surface area contributed by atoms with Crippen LogP contribution < -0.4 is 15.4 Å². The fourth-order valence-electron chi connectivity index (χ4n) is 5.49. The molecule has 224 valence electrons. The van der Waals surface area contributed by atoms with Gasteiger partial charge in [-0.15, -0.1) is 11.3 Å². The molecule has 0 amide bonds.